The summed E-state index contributed by atoms with van der Waals surface area (Å²) >= 11 is 0. The van der Waals surface area contributed by atoms with E-state index in [-0.39, 0.29) is 17.3 Å². The molecule has 0 aliphatic heterocycles. The summed E-state index contributed by atoms with van der Waals surface area (Å²) in [5, 5.41) is 2.67. The summed E-state index contributed by atoms with van der Waals surface area (Å²) in [6.45, 7) is 0.304. The number of carbonyl (C=O) groups excluding carboxylic acids is 1. The standard InChI is InChI=1S/C13H11FN2O2/c14-11-4-1-9(2-5-11)7-16-13(18)10-3-6-12(17)15-8-10/h1-6,8H,7H2,(H,15,17)(H,16,18). The highest BCUT2D eigenvalue weighted by Crippen LogP contribution is 2.02. The molecule has 5 heteroatoms. The lowest BCUT2D eigenvalue weighted by Gasteiger charge is -2.04. The number of hydrogen-bond donors (Lipinski definition) is 2. The Morgan fingerprint density at radius 1 is 1.17 bits per heavy atom. The number of benzene rings is 1. The number of rotatable bonds is 3. The van der Waals surface area contributed by atoms with E-state index in [0.29, 0.717) is 12.1 Å². The number of nitrogens with one attached hydrogen (secondary N) is 2. The van der Waals surface area contributed by atoms with Gasteiger partial charge in [-0.3, -0.25) is 9.59 Å². The molecule has 0 saturated carbocycles. The predicted octanol–water partition coefficient (Wildman–Crippen LogP) is 1.44. The van der Waals surface area contributed by atoms with E-state index in [0.717, 1.165) is 5.56 Å². The van der Waals surface area contributed by atoms with Crippen LogP contribution < -0.4 is 10.9 Å². The van der Waals surface area contributed by atoms with Gasteiger partial charge in [0.1, 0.15) is 5.82 Å². The molecule has 2 N–H and O–H groups in total. The lowest BCUT2D eigenvalue weighted by molar-refractivity contribution is 0.0950. The van der Waals surface area contributed by atoms with Gasteiger partial charge >= 0.3 is 0 Å². The molecular weight excluding hydrogens is 235 g/mol. The average Bonchev–Trinajstić information content (AvgIpc) is 2.38. The minimum absolute atomic E-state index is 0.259. The van der Waals surface area contributed by atoms with Crippen LogP contribution in [0.15, 0.2) is 47.4 Å². The Balaban J connectivity index is 1.98. The van der Waals surface area contributed by atoms with Crippen LogP contribution in [0.1, 0.15) is 15.9 Å². The first-order valence-electron chi connectivity index (χ1n) is 5.36. The molecule has 2 aromatic rings. The first-order valence-corrected chi connectivity index (χ1v) is 5.36. The Bertz CT molecular complexity index is 585. The summed E-state index contributed by atoms with van der Waals surface area (Å²) in [4.78, 5) is 24.9. The van der Waals surface area contributed by atoms with Crippen molar-refractivity contribution in [1.82, 2.24) is 10.3 Å². The molecule has 0 atom stereocenters. The molecular formula is C13H11FN2O2. The number of pyridine rings is 1. The van der Waals surface area contributed by atoms with Crippen LogP contribution in [0, 0.1) is 5.82 Å². The molecule has 1 aromatic heterocycles. The third-order valence-electron chi connectivity index (χ3n) is 2.41. The van der Waals surface area contributed by atoms with E-state index in [2.05, 4.69) is 10.3 Å². The first-order chi connectivity index (χ1) is 8.65. The molecule has 1 amide bonds. The zero-order valence-corrected chi connectivity index (χ0v) is 9.44. The number of carbonyl (C=O) groups is 1. The molecule has 0 aliphatic carbocycles. The lowest BCUT2D eigenvalue weighted by Crippen LogP contribution is -2.23. The van der Waals surface area contributed by atoms with Crippen molar-refractivity contribution >= 4 is 5.91 Å². The molecule has 0 bridgehead atoms. The molecule has 0 radical (unpaired) electrons. The summed E-state index contributed by atoms with van der Waals surface area (Å²) in [5.74, 6) is -0.610. The Labute approximate surface area is 102 Å². The highest BCUT2D eigenvalue weighted by molar-refractivity contribution is 5.93. The zero-order valence-electron chi connectivity index (χ0n) is 9.44. The molecule has 0 fully saturated rings. The van der Waals surface area contributed by atoms with Gasteiger partial charge in [-0.1, -0.05) is 12.1 Å². The van der Waals surface area contributed by atoms with Crippen molar-refractivity contribution in [3.63, 3.8) is 0 Å². The minimum Gasteiger partial charge on any atom is -0.348 e. The van der Waals surface area contributed by atoms with Gasteiger partial charge in [-0.05, 0) is 23.8 Å². The van der Waals surface area contributed by atoms with Gasteiger partial charge in [0.15, 0.2) is 0 Å². The third-order valence-corrected chi connectivity index (χ3v) is 2.41. The van der Waals surface area contributed by atoms with Gasteiger partial charge in [0.05, 0.1) is 5.56 Å². The molecule has 18 heavy (non-hydrogen) atoms. The molecule has 0 saturated heterocycles. The van der Waals surface area contributed by atoms with Crippen molar-refractivity contribution in [1.29, 1.82) is 0 Å². The fraction of sp³-hybridized carbons (Fsp3) is 0.0769. The van der Waals surface area contributed by atoms with Gasteiger partial charge in [0.2, 0.25) is 5.56 Å². The molecule has 92 valence electrons. The molecule has 0 spiro atoms. The maximum absolute atomic E-state index is 12.7. The monoisotopic (exact) mass is 246 g/mol. The second-order valence-electron chi connectivity index (χ2n) is 3.75. The maximum Gasteiger partial charge on any atom is 0.253 e. The van der Waals surface area contributed by atoms with Crippen LogP contribution in [-0.2, 0) is 6.54 Å². The van der Waals surface area contributed by atoms with Crippen molar-refractivity contribution in [3.8, 4) is 0 Å². The second-order valence-corrected chi connectivity index (χ2v) is 3.75. The highest BCUT2D eigenvalue weighted by atomic mass is 19.1. The molecule has 0 unspecified atom stereocenters. The topological polar surface area (TPSA) is 62.0 Å². The zero-order chi connectivity index (χ0) is 13.0. The number of H-pyrrole nitrogens is 1. The predicted molar refractivity (Wildman–Crippen MR) is 64.6 cm³/mol. The van der Waals surface area contributed by atoms with Crippen molar-refractivity contribution in [3.05, 3.63) is 69.9 Å². The number of aromatic nitrogens is 1. The SMILES string of the molecule is O=C(NCc1ccc(F)cc1)c1ccc(=O)[nH]c1. The Hall–Kier alpha value is -2.43. The van der Waals surface area contributed by atoms with Crippen molar-refractivity contribution < 1.29 is 9.18 Å². The van der Waals surface area contributed by atoms with E-state index < -0.39 is 0 Å². The molecule has 2 rings (SSSR count). The smallest absolute Gasteiger partial charge is 0.253 e. The number of aromatic amines is 1. The van der Waals surface area contributed by atoms with Crippen LogP contribution in [-0.4, -0.2) is 10.9 Å². The average molecular weight is 246 g/mol. The van der Waals surface area contributed by atoms with E-state index in [1.807, 2.05) is 0 Å². The van der Waals surface area contributed by atoms with Gasteiger partial charge < -0.3 is 10.3 Å². The summed E-state index contributed by atoms with van der Waals surface area (Å²) in [6, 6.07) is 8.60. The van der Waals surface area contributed by atoms with Crippen molar-refractivity contribution in [2.45, 2.75) is 6.54 Å². The summed E-state index contributed by atoms with van der Waals surface area (Å²) < 4.78 is 12.7. The fourth-order valence-electron chi connectivity index (χ4n) is 1.44. The van der Waals surface area contributed by atoms with Crippen LogP contribution in [0.3, 0.4) is 0 Å². The minimum atomic E-state index is -0.314. The van der Waals surface area contributed by atoms with Crippen molar-refractivity contribution in [2.75, 3.05) is 0 Å². The van der Waals surface area contributed by atoms with Crippen molar-refractivity contribution in [2.24, 2.45) is 0 Å². The van der Waals surface area contributed by atoms with Gasteiger partial charge in [-0.15, -0.1) is 0 Å². The van der Waals surface area contributed by atoms with Crippen LogP contribution >= 0.6 is 0 Å². The Morgan fingerprint density at radius 3 is 2.50 bits per heavy atom. The normalized spacial score (nSPS) is 10.1. The van der Waals surface area contributed by atoms with Gasteiger partial charge in [-0.25, -0.2) is 4.39 Å². The second kappa shape index (κ2) is 5.27. The lowest BCUT2D eigenvalue weighted by atomic mass is 10.2. The molecule has 0 aliphatic rings. The van der Waals surface area contributed by atoms with Gasteiger partial charge in [0, 0.05) is 18.8 Å². The van der Waals surface area contributed by atoms with E-state index in [9.17, 15) is 14.0 Å². The van der Waals surface area contributed by atoms with Gasteiger partial charge in [0.25, 0.3) is 5.91 Å². The van der Waals surface area contributed by atoms with Crippen LogP contribution in [0.2, 0.25) is 0 Å². The van der Waals surface area contributed by atoms with Gasteiger partial charge in [-0.2, -0.15) is 0 Å². The Kier molecular flexibility index (Phi) is 3.52. The molecule has 1 aromatic carbocycles. The first kappa shape index (κ1) is 12.0. The summed E-state index contributed by atoms with van der Waals surface area (Å²) in [6.07, 6.45) is 1.35. The number of halogens is 1. The number of hydrogen-bond acceptors (Lipinski definition) is 2. The van der Waals surface area contributed by atoms with E-state index >= 15 is 0 Å². The summed E-state index contributed by atoms with van der Waals surface area (Å²) in [5.41, 5.74) is 0.913. The third kappa shape index (κ3) is 3.04. The highest BCUT2D eigenvalue weighted by Gasteiger charge is 2.04. The van der Waals surface area contributed by atoms with Crippen LogP contribution in [0.5, 0.6) is 0 Å². The summed E-state index contributed by atoms with van der Waals surface area (Å²) in [7, 11) is 0. The van der Waals surface area contributed by atoms with E-state index in [1.54, 1.807) is 12.1 Å². The van der Waals surface area contributed by atoms with E-state index in [4.69, 9.17) is 0 Å². The van der Waals surface area contributed by atoms with E-state index in [1.165, 1.54) is 30.5 Å². The molecule has 4 nitrogen and oxygen atoms in total. The Morgan fingerprint density at radius 2 is 1.89 bits per heavy atom. The largest absolute Gasteiger partial charge is 0.348 e. The quantitative estimate of drug-likeness (QED) is 0.860. The fourth-order valence-corrected chi connectivity index (χ4v) is 1.44. The van der Waals surface area contributed by atoms with Crippen LogP contribution in [0.25, 0.3) is 0 Å². The number of amides is 1. The molecule has 1 heterocycles. The maximum atomic E-state index is 12.7. The van der Waals surface area contributed by atoms with Crippen LogP contribution in [0.4, 0.5) is 4.39 Å².